The molecule has 1 aromatic carbocycles. The predicted octanol–water partition coefficient (Wildman–Crippen LogP) is 2.27. The zero-order valence-electron chi connectivity index (χ0n) is 13.0. The van der Waals surface area contributed by atoms with Crippen molar-refractivity contribution in [1.82, 2.24) is 5.32 Å². The molecule has 2 atom stereocenters. The lowest BCUT2D eigenvalue weighted by Gasteiger charge is -2.35. The van der Waals surface area contributed by atoms with Crippen molar-refractivity contribution < 1.29 is 4.79 Å². The van der Waals surface area contributed by atoms with Gasteiger partial charge in [0, 0.05) is 24.8 Å². The lowest BCUT2D eigenvalue weighted by molar-refractivity contribution is -0.123. The molecule has 0 spiro atoms. The summed E-state index contributed by atoms with van der Waals surface area (Å²) in [5.41, 5.74) is 7.15. The molecule has 0 aromatic heterocycles. The molecule has 6 heteroatoms. The van der Waals surface area contributed by atoms with Gasteiger partial charge in [-0.15, -0.1) is 12.4 Å². The molecule has 0 aliphatic carbocycles. The summed E-state index contributed by atoms with van der Waals surface area (Å²) in [7, 11) is 0. The second-order valence-corrected chi connectivity index (χ2v) is 6.50. The molecule has 0 saturated carbocycles. The van der Waals surface area contributed by atoms with Crippen molar-refractivity contribution in [3.8, 4) is 0 Å². The number of nitrogens with two attached hydrogens (primary N) is 1. The summed E-state index contributed by atoms with van der Waals surface area (Å²) in [6, 6.07) is 10.2. The Labute approximate surface area is 143 Å². The SMILES string of the molecule is CSCC[C@H](N)C(=O)NC1CCCN(c2ccccc2)C1.Cl. The lowest BCUT2D eigenvalue weighted by Crippen LogP contribution is -2.52. The normalized spacial score (nSPS) is 19.2. The largest absolute Gasteiger partial charge is 0.369 e. The number of piperidine rings is 1. The number of amides is 1. The van der Waals surface area contributed by atoms with Crippen LogP contribution in [0.3, 0.4) is 0 Å². The summed E-state index contributed by atoms with van der Waals surface area (Å²) in [5, 5.41) is 3.11. The molecule has 1 heterocycles. The Morgan fingerprint density at radius 2 is 2.18 bits per heavy atom. The zero-order chi connectivity index (χ0) is 15.1. The highest BCUT2D eigenvalue weighted by molar-refractivity contribution is 7.98. The van der Waals surface area contributed by atoms with E-state index in [0.29, 0.717) is 0 Å². The molecule has 2 rings (SSSR count). The van der Waals surface area contributed by atoms with Crippen molar-refractivity contribution in [2.45, 2.75) is 31.3 Å². The third kappa shape index (κ3) is 5.71. The number of para-hydroxylation sites is 1. The van der Waals surface area contributed by atoms with Gasteiger partial charge >= 0.3 is 0 Å². The van der Waals surface area contributed by atoms with Crippen LogP contribution in [0.4, 0.5) is 5.69 Å². The summed E-state index contributed by atoms with van der Waals surface area (Å²) in [6.45, 7) is 1.92. The van der Waals surface area contributed by atoms with Gasteiger partial charge in [-0.05, 0) is 43.4 Å². The van der Waals surface area contributed by atoms with Gasteiger partial charge in [-0.1, -0.05) is 18.2 Å². The third-order valence-electron chi connectivity index (χ3n) is 3.86. The fraction of sp³-hybridized carbons (Fsp3) is 0.562. The first kappa shape index (κ1) is 19.1. The molecule has 1 amide bonds. The predicted molar refractivity (Wildman–Crippen MR) is 98.0 cm³/mol. The molecule has 4 nitrogen and oxygen atoms in total. The van der Waals surface area contributed by atoms with Gasteiger partial charge in [0.25, 0.3) is 0 Å². The maximum absolute atomic E-state index is 12.1. The minimum absolute atomic E-state index is 0. The Kier molecular flexibility index (Phi) is 8.68. The van der Waals surface area contributed by atoms with Gasteiger partial charge < -0.3 is 16.0 Å². The molecular formula is C16H26ClN3OS. The third-order valence-corrected chi connectivity index (χ3v) is 4.50. The van der Waals surface area contributed by atoms with E-state index in [1.165, 1.54) is 5.69 Å². The first-order valence-electron chi connectivity index (χ1n) is 7.55. The average Bonchev–Trinajstić information content (AvgIpc) is 2.53. The van der Waals surface area contributed by atoms with Gasteiger partial charge in [0.1, 0.15) is 0 Å². The van der Waals surface area contributed by atoms with Crippen LogP contribution in [0.25, 0.3) is 0 Å². The fourth-order valence-electron chi connectivity index (χ4n) is 2.65. The number of hydrogen-bond donors (Lipinski definition) is 2. The maximum atomic E-state index is 12.1. The Morgan fingerprint density at radius 1 is 1.45 bits per heavy atom. The highest BCUT2D eigenvalue weighted by Crippen LogP contribution is 2.19. The monoisotopic (exact) mass is 343 g/mol. The van der Waals surface area contributed by atoms with E-state index in [-0.39, 0.29) is 30.4 Å². The Balaban J connectivity index is 0.00000242. The molecule has 1 aliphatic heterocycles. The second kappa shape index (κ2) is 9.98. The highest BCUT2D eigenvalue weighted by atomic mass is 35.5. The molecule has 3 N–H and O–H groups in total. The van der Waals surface area contributed by atoms with E-state index < -0.39 is 0 Å². The number of carbonyl (C=O) groups is 1. The Morgan fingerprint density at radius 3 is 2.86 bits per heavy atom. The number of carbonyl (C=O) groups excluding carboxylic acids is 1. The van der Waals surface area contributed by atoms with Gasteiger partial charge in [-0.2, -0.15) is 11.8 Å². The maximum Gasteiger partial charge on any atom is 0.237 e. The summed E-state index contributed by atoms with van der Waals surface area (Å²) >= 11 is 1.72. The Bertz CT molecular complexity index is 446. The van der Waals surface area contributed by atoms with Crippen LogP contribution in [0.5, 0.6) is 0 Å². The van der Waals surface area contributed by atoms with Crippen LogP contribution >= 0.6 is 24.2 Å². The molecule has 1 fully saturated rings. The van der Waals surface area contributed by atoms with Crippen LogP contribution in [0.15, 0.2) is 30.3 Å². The van der Waals surface area contributed by atoms with Crippen LogP contribution < -0.4 is 16.0 Å². The summed E-state index contributed by atoms with van der Waals surface area (Å²) in [6.07, 6.45) is 4.90. The molecule has 0 bridgehead atoms. The number of halogens is 1. The highest BCUT2D eigenvalue weighted by Gasteiger charge is 2.23. The van der Waals surface area contributed by atoms with E-state index in [1.54, 1.807) is 11.8 Å². The smallest absolute Gasteiger partial charge is 0.237 e. The first-order valence-corrected chi connectivity index (χ1v) is 8.95. The molecule has 1 unspecified atom stereocenters. The van der Waals surface area contributed by atoms with E-state index in [4.69, 9.17) is 5.73 Å². The van der Waals surface area contributed by atoms with E-state index in [1.807, 2.05) is 12.3 Å². The summed E-state index contributed by atoms with van der Waals surface area (Å²) in [5.74, 6) is 0.916. The molecular weight excluding hydrogens is 318 g/mol. The molecule has 0 radical (unpaired) electrons. The van der Waals surface area contributed by atoms with Crippen molar-refractivity contribution in [1.29, 1.82) is 0 Å². The minimum Gasteiger partial charge on any atom is -0.369 e. The number of nitrogens with one attached hydrogen (secondary N) is 1. The number of nitrogens with zero attached hydrogens (tertiary/aromatic N) is 1. The first-order chi connectivity index (χ1) is 10.2. The summed E-state index contributed by atoms with van der Waals surface area (Å²) in [4.78, 5) is 14.4. The average molecular weight is 344 g/mol. The van der Waals surface area contributed by atoms with Gasteiger partial charge in [0.15, 0.2) is 0 Å². The van der Waals surface area contributed by atoms with Crippen molar-refractivity contribution in [3.63, 3.8) is 0 Å². The minimum atomic E-state index is -0.385. The van der Waals surface area contributed by atoms with Crippen molar-refractivity contribution in [3.05, 3.63) is 30.3 Å². The number of hydrogen-bond acceptors (Lipinski definition) is 4. The summed E-state index contributed by atoms with van der Waals surface area (Å²) < 4.78 is 0. The van der Waals surface area contributed by atoms with Crippen LogP contribution in [0, 0.1) is 0 Å². The van der Waals surface area contributed by atoms with E-state index in [2.05, 4.69) is 34.5 Å². The Hall–Kier alpha value is -0.910. The molecule has 22 heavy (non-hydrogen) atoms. The fourth-order valence-corrected chi connectivity index (χ4v) is 3.14. The molecule has 1 saturated heterocycles. The standard InChI is InChI=1S/C16H25N3OS.ClH/c1-21-11-9-15(17)16(20)18-13-6-5-10-19(12-13)14-7-3-2-4-8-14;/h2-4,7-8,13,15H,5-6,9-12,17H2,1H3,(H,18,20);1H/t13?,15-;/m0./s1. The van der Waals surface area contributed by atoms with Crippen LogP contribution in [0.2, 0.25) is 0 Å². The molecule has 1 aliphatic rings. The van der Waals surface area contributed by atoms with Crippen molar-refractivity contribution >= 4 is 35.8 Å². The number of anilines is 1. The zero-order valence-corrected chi connectivity index (χ0v) is 14.7. The lowest BCUT2D eigenvalue weighted by atomic mass is 10.0. The number of rotatable bonds is 6. The molecule has 1 aromatic rings. The van der Waals surface area contributed by atoms with Crippen LogP contribution in [-0.2, 0) is 4.79 Å². The van der Waals surface area contributed by atoms with Crippen LogP contribution in [-0.4, -0.2) is 43.1 Å². The van der Waals surface area contributed by atoms with E-state index >= 15 is 0 Å². The molecule has 124 valence electrons. The quantitative estimate of drug-likeness (QED) is 0.832. The van der Waals surface area contributed by atoms with Crippen molar-refractivity contribution in [2.24, 2.45) is 5.73 Å². The number of thioether (sulfide) groups is 1. The van der Waals surface area contributed by atoms with E-state index in [0.717, 1.165) is 38.1 Å². The van der Waals surface area contributed by atoms with Gasteiger partial charge in [-0.3, -0.25) is 4.79 Å². The number of benzene rings is 1. The topological polar surface area (TPSA) is 58.4 Å². The van der Waals surface area contributed by atoms with Crippen LogP contribution in [0.1, 0.15) is 19.3 Å². The van der Waals surface area contributed by atoms with Crippen molar-refractivity contribution in [2.75, 3.05) is 30.0 Å². The second-order valence-electron chi connectivity index (χ2n) is 5.52. The van der Waals surface area contributed by atoms with Gasteiger partial charge in [0.05, 0.1) is 6.04 Å². The van der Waals surface area contributed by atoms with Gasteiger partial charge in [0.2, 0.25) is 5.91 Å². The van der Waals surface area contributed by atoms with Gasteiger partial charge in [-0.25, -0.2) is 0 Å². The van der Waals surface area contributed by atoms with E-state index in [9.17, 15) is 4.79 Å².